The van der Waals surface area contributed by atoms with E-state index in [4.69, 9.17) is 11.6 Å². The van der Waals surface area contributed by atoms with Gasteiger partial charge in [0.05, 0.1) is 15.5 Å². The summed E-state index contributed by atoms with van der Waals surface area (Å²) in [6, 6.07) is 12.1. The van der Waals surface area contributed by atoms with E-state index in [1.165, 1.54) is 22.1 Å². The van der Waals surface area contributed by atoms with Gasteiger partial charge in [-0.25, -0.2) is 4.98 Å². The molecule has 0 fully saturated rings. The highest BCUT2D eigenvalue weighted by molar-refractivity contribution is 9.10. The van der Waals surface area contributed by atoms with Crippen LogP contribution < -0.4 is 10.9 Å². The molecule has 0 spiro atoms. The smallest absolute Gasteiger partial charge is 0.258 e. The molecule has 0 bridgehead atoms. The van der Waals surface area contributed by atoms with Gasteiger partial charge in [-0.05, 0) is 36.1 Å². The van der Waals surface area contributed by atoms with E-state index in [9.17, 15) is 9.59 Å². The molecule has 0 saturated heterocycles. The number of thiophene rings is 1. The topological polar surface area (TPSA) is 92.7 Å². The van der Waals surface area contributed by atoms with Crippen LogP contribution in [0.1, 0.15) is 29.4 Å². The second-order valence-electron chi connectivity index (χ2n) is 6.69. The van der Waals surface area contributed by atoms with Crippen molar-refractivity contribution in [2.24, 2.45) is 0 Å². The molecule has 4 aromatic rings. The van der Waals surface area contributed by atoms with E-state index in [0.717, 1.165) is 15.8 Å². The molecule has 1 aromatic carbocycles. The van der Waals surface area contributed by atoms with E-state index < -0.39 is 5.91 Å². The molecule has 0 saturated carbocycles. The normalized spacial score (nSPS) is 10.9. The number of hydrogen-bond acceptors (Lipinski definition) is 5. The summed E-state index contributed by atoms with van der Waals surface area (Å²) in [7, 11) is 0. The second-order valence-corrected chi connectivity index (χ2v) is 8.96. The number of nitrogens with zero attached hydrogens (tertiary/aromatic N) is 3. The van der Waals surface area contributed by atoms with Gasteiger partial charge in [-0.1, -0.05) is 46.9 Å². The van der Waals surface area contributed by atoms with Crippen molar-refractivity contribution < 1.29 is 4.79 Å². The predicted molar refractivity (Wildman–Crippen MR) is 126 cm³/mol. The molecule has 0 aliphatic heterocycles. The van der Waals surface area contributed by atoms with E-state index in [0.29, 0.717) is 34.2 Å². The number of amides is 1. The van der Waals surface area contributed by atoms with Crippen LogP contribution in [0.25, 0.3) is 16.5 Å². The fourth-order valence-electron chi connectivity index (χ4n) is 3.01. The average Bonchev–Trinajstić information content (AvgIpc) is 3.39. The van der Waals surface area contributed by atoms with Crippen LogP contribution in [-0.2, 0) is 6.42 Å². The number of nitrogens with one attached hydrogen (secondary N) is 2. The quantitative estimate of drug-likeness (QED) is 0.362. The summed E-state index contributed by atoms with van der Waals surface area (Å²) >= 11 is 11.1. The number of hydrogen-bond donors (Lipinski definition) is 2. The molecule has 0 unspecified atom stereocenters. The van der Waals surface area contributed by atoms with Crippen molar-refractivity contribution in [3.63, 3.8) is 0 Å². The van der Waals surface area contributed by atoms with Crippen LogP contribution in [0.2, 0.25) is 5.02 Å². The first kappa shape index (κ1) is 21.5. The highest BCUT2D eigenvalue weighted by Crippen LogP contribution is 2.28. The lowest BCUT2D eigenvalue weighted by atomic mass is 10.2. The number of carbonyl (C=O) groups excluding carboxylic acids is 1. The third-order valence-electron chi connectivity index (χ3n) is 4.39. The van der Waals surface area contributed by atoms with Gasteiger partial charge < -0.3 is 5.32 Å². The highest BCUT2D eigenvalue weighted by Gasteiger charge is 2.18. The van der Waals surface area contributed by atoms with Crippen molar-refractivity contribution >= 4 is 50.6 Å². The Morgan fingerprint density at radius 2 is 2.13 bits per heavy atom. The van der Waals surface area contributed by atoms with Gasteiger partial charge in [-0.15, -0.1) is 11.3 Å². The molecule has 10 heteroatoms. The maximum absolute atomic E-state index is 13.0. The van der Waals surface area contributed by atoms with Gasteiger partial charge in [0.1, 0.15) is 11.5 Å². The Morgan fingerprint density at radius 3 is 2.87 bits per heavy atom. The third-order valence-corrected chi connectivity index (χ3v) is 6.10. The Labute approximate surface area is 195 Å². The third kappa shape index (κ3) is 4.79. The lowest BCUT2D eigenvalue weighted by Gasteiger charge is -2.10. The van der Waals surface area contributed by atoms with Crippen LogP contribution in [0.5, 0.6) is 0 Å². The zero-order valence-electron chi connectivity index (χ0n) is 16.4. The standard InChI is InChI=1S/C21H17BrClN5O2S/c1-2-4-13-10-19(29)26-21(24-13)28-18(11-16(27-28)17-5-3-8-31-17)25-20(30)14-9-12(22)6-7-15(14)23/h3,5-11H,2,4H2,1H3,(H,25,30)(H,24,26,29). The number of carbonyl (C=O) groups is 1. The summed E-state index contributed by atoms with van der Waals surface area (Å²) in [5.41, 5.74) is 1.33. The molecule has 4 rings (SSSR count). The Hall–Kier alpha value is -2.75. The average molecular weight is 519 g/mol. The number of aromatic nitrogens is 4. The molecule has 0 atom stereocenters. The Bertz CT molecular complexity index is 1300. The van der Waals surface area contributed by atoms with E-state index in [1.807, 2.05) is 24.4 Å². The van der Waals surface area contributed by atoms with Crippen molar-refractivity contribution in [3.8, 4) is 16.5 Å². The van der Waals surface area contributed by atoms with Gasteiger partial charge in [0, 0.05) is 22.3 Å². The molecular weight excluding hydrogens is 502 g/mol. The Balaban J connectivity index is 1.79. The van der Waals surface area contributed by atoms with Crippen LogP contribution in [0.3, 0.4) is 0 Å². The van der Waals surface area contributed by atoms with Crippen LogP contribution in [-0.4, -0.2) is 25.7 Å². The number of halogens is 2. The number of aromatic amines is 1. The first-order valence-electron chi connectivity index (χ1n) is 9.45. The van der Waals surface area contributed by atoms with Gasteiger partial charge >= 0.3 is 0 Å². The molecule has 7 nitrogen and oxygen atoms in total. The first-order valence-corrected chi connectivity index (χ1v) is 11.5. The maximum atomic E-state index is 13.0. The van der Waals surface area contributed by atoms with Crippen LogP contribution >= 0.6 is 38.9 Å². The van der Waals surface area contributed by atoms with Gasteiger partial charge in [-0.3, -0.25) is 14.6 Å². The van der Waals surface area contributed by atoms with E-state index in [-0.39, 0.29) is 11.5 Å². The van der Waals surface area contributed by atoms with Gasteiger partial charge in [-0.2, -0.15) is 9.78 Å². The molecule has 3 heterocycles. The maximum Gasteiger partial charge on any atom is 0.258 e. The van der Waals surface area contributed by atoms with Crippen molar-refractivity contribution in [2.75, 3.05) is 5.32 Å². The second kappa shape index (κ2) is 9.17. The van der Waals surface area contributed by atoms with E-state index in [2.05, 4.69) is 36.3 Å². The van der Waals surface area contributed by atoms with Crippen LogP contribution in [0.15, 0.2) is 57.1 Å². The van der Waals surface area contributed by atoms with Crippen molar-refractivity contribution in [2.45, 2.75) is 19.8 Å². The minimum absolute atomic E-state index is 0.231. The van der Waals surface area contributed by atoms with E-state index >= 15 is 0 Å². The molecule has 3 aromatic heterocycles. The van der Waals surface area contributed by atoms with Crippen molar-refractivity contribution in [1.29, 1.82) is 0 Å². The minimum Gasteiger partial charge on any atom is -0.306 e. The zero-order chi connectivity index (χ0) is 22.0. The first-order chi connectivity index (χ1) is 14.9. The summed E-state index contributed by atoms with van der Waals surface area (Å²) in [5.74, 6) is 0.188. The number of anilines is 1. The van der Waals surface area contributed by atoms with Gasteiger partial charge in [0.25, 0.3) is 11.5 Å². The van der Waals surface area contributed by atoms with E-state index in [1.54, 1.807) is 24.3 Å². The molecular formula is C21H17BrClN5O2S. The number of benzene rings is 1. The zero-order valence-corrected chi connectivity index (χ0v) is 19.5. The lowest BCUT2D eigenvalue weighted by molar-refractivity contribution is 0.102. The monoisotopic (exact) mass is 517 g/mol. The molecule has 1 amide bonds. The summed E-state index contributed by atoms with van der Waals surface area (Å²) in [6.45, 7) is 2.01. The largest absolute Gasteiger partial charge is 0.306 e. The molecule has 31 heavy (non-hydrogen) atoms. The minimum atomic E-state index is -0.405. The lowest BCUT2D eigenvalue weighted by Crippen LogP contribution is -2.19. The van der Waals surface area contributed by atoms with Crippen molar-refractivity contribution in [3.05, 3.63) is 79.0 Å². The van der Waals surface area contributed by atoms with Gasteiger partial charge in [0.15, 0.2) is 0 Å². The SMILES string of the molecule is CCCc1cc(=O)[nH]c(-n2nc(-c3cccs3)cc2NC(=O)c2cc(Br)ccc2Cl)n1. The Morgan fingerprint density at radius 1 is 1.29 bits per heavy atom. The fourth-order valence-corrected chi connectivity index (χ4v) is 4.26. The highest BCUT2D eigenvalue weighted by atomic mass is 79.9. The fraction of sp³-hybridized carbons (Fsp3) is 0.143. The molecule has 0 radical (unpaired) electrons. The molecule has 0 aliphatic rings. The summed E-state index contributed by atoms with van der Waals surface area (Å²) in [5, 5.41) is 9.70. The molecule has 158 valence electrons. The summed E-state index contributed by atoms with van der Waals surface area (Å²) in [4.78, 5) is 33.3. The summed E-state index contributed by atoms with van der Waals surface area (Å²) < 4.78 is 2.16. The predicted octanol–water partition coefficient (Wildman–Crippen LogP) is 5.30. The molecule has 2 N–H and O–H groups in total. The van der Waals surface area contributed by atoms with Crippen molar-refractivity contribution in [1.82, 2.24) is 19.7 Å². The number of H-pyrrole nitrogens is 1. The number of rotatable bonds is 6. The van der Waals surface area contributed by atoms with Crippen LogP contribution in [0, 0.1) is 0 Å². The number of aryl methyl sites for hydroxylation is 1. The molecule has 0 aliphatic carbocycles. The van der Waals surface area contributed by atoms with Gasteiger partial charge in [0.2, 0.25) is 5.95 Å². The Kier molecular flexibility index (Phi) is 6.35. The van der Waals surface area contributed by atoms with Crippen LogP contribution in [0.4, 0.5) is 5.82 Å². The summed E-state index contributed by atoms with van der Waals surface area (Å²) in [6.07, 6.45) is 1.51.